The van der Waals surface area contributed by atoms with E-state index in [0.29, 0.717) is 23.0 Å². The molecule has 0 aromatic heterocycles. The molecular formula is C20H29ClO3. The fourth-order valence-corrected chi connectivity index (χ4v) is 7.35. The minimum Gasteiger partial charge on any atom is -0.450 e. The van der Waals surface area contributed by atoms with Crippen LogP contribution in [0.1, 0.15) is 71.6 Å². The number of Topliss-reactive ketones (excluding diaryl/α,β-unsaturated/α-hetero) is 1. The summed E-state index contributed by atoms with van der Waals surface area (Å²) in [6.45, 7) is 4.72. The second-order valence-corrected chi connectivity index (χ2v) is 9.64. The highest BCUT2D eigenvalue weighted by atomic mass is 35.5. The predicted octanol–water partition coefficient (Wildman–Crippen LogP) is 5.34. The quantitative estimate of drug-likeness (QED) is 0.598. The molecule has 7 atom stereocenters. The van der Waals surface area contributed by atoms with E-state index in [9.17, 15) is 9.59 Å². The standard InChI is InChI=1S/C20H29ClO3/c1-19-9-7-13(24-18(21)23)11-12(19)3-4-14-15-5-6-17(22)20(15,2)10-8-16(14)19/h12-16H,3-11H2,1-2H3/t12?,13?,14-,15-,16+,19-,20-/m0/s1. The van der Waals surface area contributed by atoms with Crippen LogP contribution in [0.25, 0.3) is 0 Å². The molecule has 0 radical (unpaired) electrons. The van der Waals surface area contributed by atoms with Crippen LogP contribution in [0.5, 0.6) is 0 Å². The van der Waals surface area contributed by atoms with Crippen LogP contribution in [0.15, 0.2) is 0 Å². The van der Waals surface area contributed by atoms with Crippen LogP contribution >= 0.6 is 11.6 Å². The lowest BCUT2D eigenvalue weighted by Gasteiger charge is -2.60. The van der Waals surface area contributed by atoms with Gasteiger partial charge in [-0.2, -0.15) is 0 Å². The molecule has 0 aromatic rings. The molecule has 4 aliphatic carbocycles. The number of rotatable bonds is 1. The molecule has 134 valence electrons. The van der Waals surface area contributed by atoms with Crippen molar-refractivity contribution < 1.29 is 14.3 Å². The Morgan fingerprint density at radius 1 is 1.08 bits per heavy atom. The van der Waals surface area contributed by atoms with Crippen molar-refractivity contribution in [1.82, 2.24) is 0 Å². The van der Waals surface area contributed by atoms with Gasteiger partial charge in [0.1, 0.15) is 11.9 Å². The Kier molecular flexibility index (Phi) is 4.02. The van der Waals surface area contributed by atoms with E-state index in [1.54, 1.807) is 0 Å². The lowest BCUT2D eigenvalue weighted by Crippen LogP contribution is -2.54. The Labute approximate surface area is 149 Å². The third-order valence-electron chi connectivity index (χ3n) is 8.59. The molecule has 0 N–H and O–H groups in total. The van der Waals surface area contributed by atoms with Crippen LogP contribution in [0.4, 0.5) is 4.79 Å². The van der Waals surface area contributed by atoms with Crippen molar-refractivity contribution in [1.29, 1.82) is 0 Å². The predicted molar refractivity (Wildman–Crippen MR) is 92.9 cm³/mol. The van der Waals surface area contributed by atoms with Gasteiger partial charge in [-0.15, -0.1) is 0 Å². The summed E-state index contributed by atoms with van der Waals surface area (Å²) < 4.78 is 5.30. The van der Waals surface area contributed by atoms with Gasteiger partial charge in [0.15, 0.2) is 0 Å². The Morgan fingerprint density at radius 3 is 2.62 bits per heavy atom. The van der Waals surface area contributed by atoms with Crippen molar-refractivity contribution in [3.8, 4) is 0 Å². The maximum atomic E-state index is 12.5. The first-order chi connectivity index (χ1) is 11.3. The van der Waals surface area contributed by atoms with Crippen LogP contribution in [0.2, 0.25) is 0 Å². The minimum absolute atomic E-state index is 0.00606. The third-order valence-corrected chi connectivity index (χ3v) is 8.68. The van der Waals surface area contributed by atoms with Crippen LogP contribution < -0.4 is 0 Å². The van der Waals surface area contributed by atoms with Crippen LogP contribution in [0, 0.1) is 34.5 Å². The number of halogens is 1. The molecule has 0 spiro atoms. The molecule has 0 bridgehead atoms. The largest absolute Gasteiger partial charge is 0.450 e. The summed E-state index contributed by atoms with van der Waals surface area (Å²) in [5.74, 6) is 3.24. The van der Waals surface area contributed by atoms with Gasteiger partial charge in [-0.05, 0) is 80.5 Å². The summed E-state index contributed by atoms with van der Waals surface area (Å²) in [6.07, 6.45) is 9.72. The van der Waals surface area contributed by atoms with Crippen LogP contribution in [0.3, 0.4) is 0 Å². The molecular weight excluding hydrogens is 324 g/mol. The molecule has 4 aliphatic rings. The number of hydrogen-bond acceptors (Lipinski definition) is 3. The van der Waals surface area contributed by atoms with Gasteiger partial charge in [0.2, 0.25) is 0 Å². The van der Waals surface area contributed by atoms with Gasteiger partial charge in [-0.3, -0.25) is 4.79 Å². The summed E-state index contributed by atoms with van der Waals surface area (Å²) in [4.78, 5) is 23.5. The monoisotopic (exact) mass is 352 g/mol. The summed E-state index contributed by atoms with van der Waals surface area (Å²) in [5, 5.41) is 0. The van der Waals surface area contributed by atoms with Crippen molar-refractivity contribution in [3.05, 3.63) is 0 Å². The molecule has 0 saturated heterocycles. The van der Waals surface area contributed by atoms with Crippen molar-refractivity contribution in [2.24, 2.45) is 34.5 Å². The highest BCUT2D eigenvalue weighted by Crippen LogP contribution is 2.65. The number of carbonyl (C=O) groups is 2. The molecule has 24 heavy (non-hydrogen) atoms. The van der Waals surface area contributed by atoms with Crippen molar-refractivity contribution in [3.63, 3.8) is 0 Å². The van der Waals surface area contributed by atoms with E-state index in [2.05, 4.69) is 13.8 Å². The number of ketones is 1. The highest BCUT2D eigenvalue weighted by molar-refractivity contribution is 6.61. The van der Waals surface area contributed by atoms with Gasteiger partial charge >= 0.3 is 5.43 Å². The van der Waals surface area contributed by atoms with E-state index in [1.165, 1.54) is 19.3 Å². The molecule has 2 unspecified atom stereocenters. The molecule has 0 heterocycles. The van der Waals surface area contributed by atoms with E-state index in [-0.39, 0.29) is 11.5 Å². The second kappa shape index (κ2) is 5.72. The zero-order valence-electron chi connectivity index (χ0n) is 14.9. The van der Waals surface area contributed by atoms with Gasteiger partial charge in [0.25, 0.3) is 0 Å². The number of ether oxygens (including phenoxy) is 1. The van der Waals surface area contributed by atoms with Crippen molar-refractivity contribution in [2.45, 2.75) is 77.7 Å². The molecule has 4 heteroatoms. The van der Waals surface area contributed by atoms with Crippen molar-refractivity contribution in [2.75, 3.05) is 0 Å². The van der Waals surface area contributed by atoms with Gasteiger partial charge in [-0.1, -0.05) is 13.8 Å². The first-order valence-electron chi connectivity index (χ1n) is 9.74. The average molecular weight is 353 g/mol. The minimum atomic E-state index is -0.657. The molecule has 4 fully saturated rings. The zero-order chi connectivity index (χ0) is 17.1. The van der Waals surface area contributed by atoms with E-state index in [1.807, 2.05) is 0 Å². The van der Waals surface area contributed by atoms with Crippen LogP contribution in [-0.4, -0.2) is 17.3 Å². The van der Waals surface area contributed by atoms with Gasteiger partial charge < -0.3 is 4.74 Å². The first kappa shape index (κ1) is 16.9. The number of fused-ring (bicyclic) bond motifs is 5. The Balaban J connectivity index is 1.54. The Morgan fingerprint density at radius 2 is 1.88 bits per heavy atom. The SMILES string of the molecule is C[C@]12CCC(OC(=O)Cl)CC1CC[C@@H]1[C@H]2CC[C@]2(C)C(=O)CC[C@@H]12. The third kappa shape index (κ3) is 2.37. The highest BCUT2D eigenvalue weighted by Gasteiger charge is 2.60. The molecule has 0 aromatic carbocycles. The van der Waals surface area contributed by atoms with Crippen LogP contribution in [-0.2, 0) is 9.53 Å². The smallest absolute Gasteiger partial charge is 0.404 e. The molecule has 0 aliphatic heterocycles. The lowest BCUT2D eigenvalue weighted by atomic mass is 9.45. The fraction of sp³-hybridized carbons (Fsp3) is 0.900. The number of hydrogen-bond donors (Lipinski definition) is 0. The van der Waals surface area contributed by atoms with Gasteiger partial charge in [-0.25, -0.2) is 4.79 Å². The van der Waals surface area contributed by atoms with E-state index in [0.717, 1.165) is 50.4 Å². The molecule has 3 nitrogen and oxygen atoms in total. The van der Waals surface area contributed by atoms with E-state index < -0.39 is 5.43 Å². The maximum Gasteiger partial charge on any atom is 0.404 e. The molecule has 0 amide bonds. The fourth-order valence-electron chi connectivity index (χ4n) is 7.23. The summed E-state index contributed by atoms with van der Waals surface area (Å²) in [6, 6.07) is 0. The maximum absolute atomic E-state index is 12.5. The van der Waals surface area contributed by atoms with Crippen molar-refractivity contribution >= 4 is 22.8 Å². The summed E-state index contributed by atoms with van der Waals surface area (Å²) >= 11 is 5.43. The topological polar surface area (TPSA) is 43.4 Å². The van der Waals surface area contributed by atoms with Gasteiger partial charge in [0.05, 0.1) is 0 Å². The number of carbonyl (C=O) groups excluding carboxylic acids is 2. The zero-order valence-corrected chi connectivity index (χ0v) is 15.6. The van der Waals surface area contributed by atoms with E-state index in [4.69, 9.17) is 16.3 Å². The lowest BCUT2D eigenvalue weighted by molar-refractivity contribution is -0.142. The average Bonchev–Trinajstić information content (AvgIpc) is 2.83. The van der Waals surface area contributed by atoms with E-state index >= 15 is 0 Å². The Bertz CT molecular complexity index is 561. The summed E-state index contributed by atoms with van der Waals surface area (Å²) in [7, 11) is 0. The normalized spacial score (nSPS) is 50.6. The summed E-state index contributed by atoms with van der Waals surface area (Å²) in [5.41, 5.74) is -0.337. The first-order valence-corrected chi connectivity index (χ1v) is 10.1. The van der Waals surface area contributed by atoms with Gasteiger partial charge in [0, 0.05) is 23.4 Å². The molecule has 4 saturated carbocycles. The second-order valence-electron chi connectivity index (χ2n) is 9.33. The molecule has 4 rings (SSSR count). The Hall–Kier alpha value is -0.570.